The Labute approximate surface area is 158 Å². The number of benzene rings is 1. The number of carbonyl (C=O) groups excluding carboxylic acids is 1. The van der Waals surface area contributed by atoms with Crippen LogP contribution >= 0.6 is 0 Å². The topological polar surface area (TPSA) is 64.2 Å². The first-order valence-corrected chi connectivity index (χ1v) is 8.85. The molecule has 1 saturated heterocycles. The fourth-order valence-electron chi connectivity index (χ4n) is 3.31. The van der Waals surface area contributed by atoms with E-state index < -0.39 is 12.1 Å². The summed E-state index contributed by atoms with van der Waals surface area (Å²) in [6.45, 7) is 0.846. The highest BCUT2D eigenvalue weighted by molar-refractivity contribution is 5.94. The van der Waals surface area contributed by atoms with Gasteiger partial charge in [0.25, 0.3) is 5.91 Å². The lowest BCUT2D eigenvalue weighted by Gasteiger charge is -2.30. The third kappa shape index (κ3) is 3.64. The Bertz CT molecular complexity index is 940. The second kappa shape index (κ2) is 7.14. The fourth-order valence-corrected chi connectivity index (χ4v) is 3.31. The molecular formula is C19H17F3N4O2. The number of piperidine rings is 1. The van der Waals surface area contributed by atoms with Crippen molar-refractivity contribution in [2.45, 2.75) is 24.9 Å². The lowest BCUT2D eigenvalue weighted by Crippen LogP contribution is -2.38. The van der Waals surface area contributed by atoms with Crippen LogP contribution in [0.1, 0.15) is 40.9 Å². The second-order valence-corrected chi connectivity index (χ2v) is 6.65. The van der Waals surface area contributed by atoms with Gasteiger partial charge in [0, 0.05) is 42.7 Å². The Morgan fingerprint density at radius 1 is 1.04 bits per heavy atom. The molecule has 0 atom stereocenters. The molecule has 0 saturated carbocycles. The lowest BCUT2D eigenvalue weighted by molar-refractivity contribution is -0.157. The summed E-state index contributed by atoms with van der Waals surface area (Å²) in [6, 6.07) is 11.1. The van der Waals surface area contributed by atoms with Crippen LogP contribution in [0.2, 0.25) is 0 Å². The average molecular weight is 390 g/mol. The van der Waals surface area contributed by atoms with E-state index in [4.69, 9.17) is 4.42 Å². The van der Waals surface area contributed by atoms with E-state index in [1.807, 2.05) is 41.2 Å². The first-order chi connectivity index (χ1) is 13.4. The number of carbonyl (C=O) groups is 1. The predicted octanol–water partition coefficient (Wildman–Crippen LogP) is 3.90. The van der Waals surface area contributed by atoms with E-state index in [9.17, 15) is 18.0 Å². The van der Waals surface area contributed by atoms with Crippen molar-refractivity contribution in [3.8, 4) is 5.69 Å². The van der Waals surface area contributed by atoms with E-state index in [-0.39, 0.29) is 17.7 Å². The van der Waals surface area contributed by atoms with Crippen LogP contribution in [0.4, 0.5) is 13.2 Å². The summed E-state index contributed by atoms with van der Waals surface area (Å²) >= 11 is 0. The molecule has 146 valence electrons. The maximum absolute atomic E-state index is 12.7. The number of hydrogen-bond donors (Lipinski definition) is 0. The molecule has 3 heterocycles. The molecule has 3 aromatic rings. The van der Waals surface area contributed by atoms with Crippen molar-refractivity contribution < 1.29 is 22.4 Å². The third-order valence-corrected chi connectivity index (χ3v) is 4.83. The number of aromatic nitrogens is 3. The number of hydrogen-bond acceptors (Lipinski definition) is 4. The summed E-state index contributed by atoms with van der Waals surface area (Å²) in [5.41, 5.74) is 1.53. The quantitative estimate of drug-likeness (QED) is 0.681. The largest absolute Gasteiger partial charge is 0.470 e. The maximum Gasteiger partial charge on any atom is 0.470 e. The van der Waals surface area contributed by atoms with Gasteiger partial charge in [-0.2, -0.15) is 13.2 Å². The monoisotopic (exact) mass is 390 g/mol. The first kappa shape index (κ1) is 18.3. The number of amides is 1. The van der Waals surface area contributed by atoms with Gasteiger partial charge in [-0.05, 0) is 49.2 Å². The van der Waals surface area contributed by atoms with Crippen LogP contribution < -0.4 is 0 Å². The summed E-state index contributed by atoms with van der Waals surface area (Å²) in [4.78, 5) is 14.4. The van der Waals surface area contributed by atoms with Gasteiger partial charge in [0.15, 0.2) is 0 Å². The molecule has 0 bridgehead atoms. The maximum atomic E-state index is 12.7. The first-order valence-electron chi connectivity index (χ1n) is 8.85. The molecule has 0 radical (unpaired) electrons. The van der Waals surface area contributed by atoms with Crippen LogP contribution in [-0.2, 0) is 6.18 Å². The molecule has 0 aliphatic carbocycles. The van der Waals surface area contributed by atoms with Gasteiger partial charge in [-0.3, -0.25) is 4.79 Å². The van der Waals surface area contributed by atoms with E-state index in [1.54, 1.807) is 17.0 Å². The standard InChI is InChI=1S/C19H17F3N4O2/c20-19(21,22)18-24-23-16(28-18)13-7-11-26(12-8-13)17(27)14-3-5-15(6-4-14)25-9-1-2-10-25/h1-6,9-10,13H,7-8,11-12H2. The lowest BCUT2D eigenvalue weighted by atomic mass is 9.96. The summed E-state index contributed by atoms with van der Waals surface area (Å²) in [7, 11) is 0. The van der Waals surface area contributed by atoms with Gasteiger partial charge in [-0.1, -0.05) is 0 Å². The smallest absolute Gasteiger partial charge is 0.417 e. The van der Waals surface area contributed by atoms with Crippen LogP contribution in [-0.4, -0.2) is 38.7 Å². The van der Waals surface area contributed by atoms with Gasteiger partial charge in [-0.25, -0.2) is 0 Å². The normalized spacial score (nSPS) is 15.8. The summed E-state index contributed by atoms with van der Waals surface area (Å²) < 4.78 is 44.5. The number of halogens is 3. The minimum Gasteiger partial charge on any atom is -0.417 e. The van der Waals surface area contributed by atoms with Gasteiger partial charge >= 0.3 is 12.1 Å². The molecule has 28 heavy (non-hydrogen) atoms. The van der Waals surface area contributed by atoms with Crippen molar-refractivity contribution in [3.05, 3.63) is 66.1 Å². The highest BCUT2D eigenvalue weighted by Crippen LogP contribution is 2.32. The molecule has 1 aromatic carbocycles. The van der Waals surface area contributed by atoms with Gasteiger partial charge in [0.2, 0.25) is 5.89 Å². The predicted molar refractivity (Wildman–Crippen MR) is 92.9 cm³/mol. The van der Waals surface area contributed by atoms with Gasteiger partial charge < -0.3 is 13.9 Å². The van der Waals surface area contributed by atoms with Gasteiger partial charge in [0.05, 0.1) is 0 Å². The van der Waals surface area contributed by atoms with Crippen molar-refractivity contribution in [1.82, 2.24) is 19.7 Å². The molecule has 4 rings (SSSR count). The van der Waals surface area contributed by atoms with Gasteiger partial charge in [0.1, 0.15) is 0 Å². The van der Waals surface area contributed by atoms with E-state index in [2.05, 4.69) is 10.2 Å². The minimum atomic E-state index is -4.64. The summed E-state index contributed by atoms with van der Waals surface area (Å²) in [5.74, 6) is -1.72. The zero-order valence-corrected chi connectivity index (χ0v) is 14.8. The highest BCUT2D eigenvalue weighted by Gasteiger charge is 2.39. The summed E-state index contributed by atoms with van der Waals surface area (Å²) in [6.07, 6.45) is 0.154. The van der Waals surface area contributed by atoms with Crippen LogP contribution in [0, 0.1) is 0 Å². The molecule has 0 N–H and O–H groups in total. The van der Waals surface area contributed by atoms with Gasteiger partial charge in [-0.15, -0.1) is 10.2 Å². The molecule has 0 unspecified atom stereocenters. The number of nitrogens with zero attached hydrogens (tertiary/aromatic N) is 4. The molecule has 1 aliphatic rings. The average Bonchev–Trinajstić information content (AvgIpc) is 3.39. The molecule has 9 heteroatoms. The van der Waals surface area contributed by atoms with Crippen molar-refractivity contribution in [3.63, 3.8) is 0 Å². The zero-order chi connectivity index (χ0) is 19.7. The van der Waals surface area contributed by atoms with Crippen LogP contribution in [0.25, 0.3) is 5.69 Å². The number of likely N-dealkylation sites (tertiary alicyclic amines) is 1. The molecule has 6 nitrogen and oxygen atoms in total. The molecule has 2 aromatic heterocycles. The molecule has 1 amide bonds. The van der Waals surface area contributed by atoms with Crippen LogP contribution in [0.3, 0.4) is 0 Å². The number of rotatable bonds is 3. The Morgan fingerprint density at radius 3 is 2.25 bits per heavy atom. The van der Waals surface area contributed by atoms with E-state index in [0.717, 1.165) is 5.69 Å². The Hall–Kier alpha value is -3.10. The van der Waals surface area contributed by atoms with Crippen LogP contribution in [0.5, 0.6) is 0 Å². The van der Waals surface area contributed by atoms with Crippen molar-refractivity contribution in [1.29, 1.82) is 0 Å². The second-order valence-electron chi connectivity index (χ2n) is 6.65. The summed E-state index contributed by atoms with van der Waals surface area (Å²) in [5, 5.41) is 6.60. The van der Waals surface area contributed by atoms with Crippen molar-refractivity contribution in [2.24, 2.45) is 0 Å². The van der Waals surface area contributed by atoms with E-state index >= 15 is 0 Å². The zero-order valence-electron chi connectivity index (χ0n) is 14.8. The van der Waals surface area contributed by atoms with E-state index in [0.29, 0.717) is 31.5 Å². The number of alkyl halides is 3. The van der Waals surface area contributed by atoms with E-state index in [1.165, 1.54) is 0 Å². The van der Waals surface area contributed by atoms with Crippen molar-refractivity contribution in [2.75, 3.05) is 13.1 Å². The Balaban J connectivity index is 1.38. The molecular weight excluding hydrogens is 373 g/mol. The molecule has 0 spiro atoms. The van der Waals surface area contributed by atoms with Crippen LogP contribution in [0.15, 0.2) is 53.2 Å². The Morgan fingerprint density at radius 2 is 1.68 bits per heavy atom. The minimum absolute atomic E-state index is 0.0181. The third-order valence-electron chi connectivity index (χ3n) is 4.83. The Kier molecular flexibility index (Phi) is 4.66. The fraction of sp³-hybridized carbons (Fsp3) is 0.316. The van der Waals surface area contributed by atoms with Crippen molar-refractivity contribution >= 4 is 5.91 Å². The molecule has 1 aliphatic heterocycles. The highest BCUT2D eigenvalue weighted by atomic mass is 19.4. The SMILES string of the molecule is O=C(c1ccc(-n2cccc2)cc1)N1CCC(c2nnc(C(F)(F)F)o2)CC1. The molecule has 1 fully saturated rings.